The molecule has 0 saturated heterocycles. The summed E-state index contributed by atoms with van der Waals surface area (Å²) in [6.07, 6.45) is 7.36. The summed E-state index contributed by atoms with van der Waals surface area (Å²) >= 11 is 0. The maximum Gasteiger partial charge on any atom is 0.103 e. The highest BCUT2D eigenvalue weighted by atomic mass is 16.3. The Balaban J connectivity index is 1.96. The molecule has 2 aromatic heterocycles. The second kappa shape index (κ2) is 5.47. The number of aromatic nitrogens is 1. The molecule has 3 heteroatoms. The fraction of sp³-hybridized carbons (Fsp3) is 0.308. The molecule has 0 amide bonds. The number of rotatable bonds is 5. The summed E-state index contributed by atoms with van der Waals surface area (Å²) in [7, 11) is 1.97. The van der Waals surface area contributed by atoms with Crippen LogP contribution in [0.15, 0.2) is 47.3 Å². The SMILES string of the molecule is CNC(CCc1ccco1)c1cccnc1. The Hall–Kier alpha value is -1.61. The van der Waals surface area contributed by atoms with Gasteiger partial charge in [-0.3, -0.25) is 4.98 Å². The number of hydrogen-bond acceptors (Lipinski definition) is 3. The maximum absolute atomic E-state index is 5.32. The number of aryl methyl sites for hydroxylation is 1. The van der Waals surface area contributed by atoms with Crippen LogP contribution in [0.3, 0.4) is 0 Å². The molecule has 0 fully saturated rings. The van der Waals surface area contributed by atoms with Crippen molar-refractivity contribution in [1.29, 1.82) is 0 Å². The highest BCUT2D eigenvalue weighted by Crippen LogP contribution is 2.17. The van der Waals surface area contributed by atoms with Gasteiger partial charge in [-0.1, -0.05) is 6.07 Å². The lowest BCUT2D eigenvalue weighted by molar-refractivity contribution is 0.469. The topological polar surface area (TPSA) is 38.1 Å². The van der Waals surface area contributed by atoms with Crippen molar-refractivity contribution in [3.05, 3.63) is 54.2 Å². The van der Waals surface area contributed by atoms with Crippen molar-refractivity contribution in [3.8, 4) is 0 Å². The third-order valence-corrected chi connectivity index (χ3v) is 2.69. The summed E-state index contributed by atoms with van der Waals surface area (Å²) in [6, 6.07) is 8.32. The average molecular weight is 216 g/mol. The van der Waals surface area contributed by atoms with Crippen molar-refractivity contribution in [2.24, 2.45) is 0 Å². The summed E-state index contributed by atoms with van der Waals surface area (Å²) < 4.78 is 5.32. The molecule has 0 radical (unpaired) electrons. The summed E-state index contributed by atoms with van der Waals surface area (Å²) in [4.78, 5) is 4.14. The van der Waals surface area contributed by atoms with Crippen LogP contribution in [0, 0.1) is 0 Å². The van der Waals surface area contributed by atoms with E-state index < -0.39 is 0 Å². The zero-order chi connectivity index (χ0) is 11.2. The summed E-state index contributed by atoms with van der Waals surface area (Å²) in [5.74, 6) is 1.03. The van der Waals surface area contributed by atoms with Crippen LogP contribution in [-0.2, 0) is 6.42 Å². The van der Waals surface area contributed by atoms with Gasteiger partial charge in [0.05, 0.1) is 6.26 Å². The van der Waals surface area contributed by atoms with E-state index in [0.29, 0.717) is 6.04 Å². The predicted molar refractivity (Wildman–Crippen MR) is 63.1 cm³/mol. The minimum atomic E-state index is 0.332. The Morgan fingerprint density at radius 1 is 1.38 bits per heavy atom. The summed E-state index contributed by atoms with van der Waals surface area (Å²) in [5, 5.41) is 3.30. The molecule has 0 spiro atoms. The fourth-order valence-electron chi connectivity index (χ4n) is 1.80. The molecule has 16 heavy (non-hydrogen) atoms. The quantitative estimate of drug-likeness (QED) is 0.834. The second-order valence-corrected chi connectivity index (χ2v) is 3.75. The molecular weight excluding hydrogens is 200 g/mol. The minimum absolute atomic E-state index is 0.332. The molecule has 2 aromatic rings. The van der Waals surface area contributed by atoms with E-state index in [1.54, 1.807) is 12.5 Å². The maximum atomic E-state index is 5.32. The van der Waals surface area contributed by atoms with Gasteiger partial charge in [0.15, 0.2) is 0 Å². The molecule has 3 nitrogen and oxygen atoms in total. The van der Waals surface area contributed by atoms with Gasteiger partial charge in [-0.2, -0.15) is 0 Å². The minimum Gasteiger partial charge on any atom is -0.469 e. The Kier molecular flexibility index (Phi) is 3.72. The molecule has 0 bridgehead atoms. The summed E-state index contributed by atoms with van der Waals surface area (Å²) in [5.41, 5.74) is 1.22. The normalized spacial score (nSPS) is 12.6. The molecule has 0 saturated carbocycles. The van der Waals surface area contributed by atoms with Crippen molar-refractivity contribution >= 4 is 0 Å². The first-order valence-corrected chi connectivity index (χ1v) is 5.49. The average Bonchev–Trinajstić information content (AvgIpc) is 2.84. The lowest BCUT2D eigenvalue weighted by atomic mass is 10.0. The molecular formula is C13H16N2O. The first-order chi connectivity index (χ1) is 7.90. The van der Waals surface area contributed by atoms with E-state index in [2.05, 4.69) is 16.4 Å². The fourth-order valence-corrected chi connectivity index (χ4v) is 1.80. The van der Waals surface area contributed by atoms with E-state index in [4.69, 9.17) is 4.42 Å². The Labute approximate surface area is 95.5 Å². The van der Waals surface area contributed by atoms with Crippen LogP contribution in [0.5, 0.6) is 0 Å². The van der Waals surface area contributed by atoms with Crippen molar-refractivity contribution in [1.82, 2.24) is 10.3 Å². The number of furan rings is 1. The van der Waals surface area contributed by atoms with Crippen molar-refractivity contribution in [2.75, 3.05) is 7.05 Å². The van der Waals surface area contributed by atoms with Gasteiger partial charge in [0.1, 0.15) is 5.76 Å². The van der Waals surface area contributed by atoms with Gasteiger partial charge < -0.3 is 9.73 Å². The Bertz CT molecular complexity index is 397. The Morgan fingerprint density at radius 2 is 2.31 bits per heavy atom. The van der Waals surface area contributed by atoms with Gasteiger partial charge in [0.2, 0.25) is 0 Å². The van der Waals surface area contributed by atoms with Crippen molar-refractivity contribution in [2.45, 2.75) is 18.9 Å². The smallest absolute Gasteiger partial charge is 0.103 e. The molecule has 84 valence electrons. The third-order valence-electron chi connectivity index (χ3n) is 2.69. The van der Waals surface area contributed by atoms with Gasteiger partial charge in [-0.15, -0.1) is 0 Å². The standard InChI is InChI=1S/C13H16N2O/c1-14-13(11-4-2-8-15-10-11)7-6-12-5-3-9-16-12/h2-5,8-10,13-14H,6-7H2,1H3. The summed E-state index contributed by atoms with van der Waals surface area (Å²) in [6.45, 7) is 0. The predicted octanol–water partition coefficient (Wildman–Crippen LogP) is 2.57. The van der Waals surface area contributed by atoms with E-state index in [9.17, 15) is 0 Å². The van der Waals surface area contributed by atoms with Crippen LogP contribution in [0.25, 0.3) is 0 Å². The monoisotopic (exact) mass is 216 g/mol. The molecule has 0 aliphatic rings. The zero-order valence-electron chi connectivity index (χ0n) is 9.39. The first kappa shape index (κ1) is 10.9. The van der Waals surface area contributed by atoms with Gasteiger partial charge in [0.25, 0.3) is 0 Å². The van der Waals surface area contributed by atoms with Gasteiger partial charge >= 0.3 is 0 Å². The number of nitrogens with one attached hydrogen (secondary N) is 1. The number of nitrogens with zero attached hydrogens (tertiary/aromatic N) is 1. The molecule has 1 atom stereocenters. The lowest BCUT2D eigenvalue weighted by Crippen LogP contribution is -2.17. The first-order valence-electron chi connectivity index (χ1n) is 5.49. The molecule has 2 rings (SSSR count). The van der Waals surface area contributed by atoms with Gasteiger partial charge in [-0.05, 0) is 37.2 Å². The van der Waals surface area contributed by atoms with E-state index in [1.807, 2.05) is 31.4 Å². The molecule has 2 heterocycles. The molecule has 0 aromatic carbocycles. The van der Waals surface area contributed by atoms with E-state index in [0.717, 1.165) is 18.6 Å². The molecule has 1 N–H and O–H groups in total. The molecule has 0 aliphatic carbocycles. The van der Waals surface area contributed by atoms with Crippen LogP contribution < -0.4 is 5.32 Å². The largest absolute Gasteiger partial charge is 0.469 e. The number of hydrogen-bond donors (Lipinski definition) is 1. The van der Waals surface area contributed by atoms with E-state index >= 15 is 0 Å². The molecule has 0 aliphatic heterocycles. The molecule has 1 unspecified atom stereocenters. The van der Waals surface area contributed by atoms with E-state index in [-0.39, 0.29) is 0 Å². The van der Waals surface area contributed by atoms with Gasteiger partial charge in [0, 0.05) is 24.9 Å². The lowest BCUT2D eigenvalue weighted by Gasteiger charge is -2.15. The van der Waals surface area contributed by atoms with Crippen LogP contribution in [0.1, 0.15) is 23.8 Å². The van der Waals surface area contributed by atoms with Gasteiger partial charge in [-0.25, -0.2) is 0 Å². The van der Waals surface area contributed by atoms with Crippen LogP contribution in [-0.4, -0.2) is 12.0 Å². The number of pyridine rings is 1. The Morgan fingerprint density at radius 3 is 2.94 bits per heavy atom. The second-order valence-electron chi connectivity index (χ2n) is 3.75. The highest BCUT2D eigenvalue weighted by molar-refractivity contribution is 5.14. The van der Waals surface area contributed by atoms with Crippen molar-refractivity contribution in [3.63, 3.8) is 0 Å². The van der Waals surface area contributed by atoms with Crippen LogP contribution in [0.4, 0.5) is 0 Å². The van der Waals surface area contributed by atoms with Crippen molar-refractivity contribution < 1.29 is 4.42 Å². The third kappa shape index (κ3) is 2.70. The highest BCUT2D eigenvalue weighted by Gasteiger charge is 2.09. The van der Waals surface area contributed by atoms with Crippen LogP contribution >= 0.6 is 0 Å². The zero-order valence-corrected chi connectivity index (χ0v) is 9.39. The van der Waals surface area contributed by atoms with E-state index in [1.165, 1.54) is 5.56 Å². The van der Waals surface area contributed by atoms with Crippen LogP contribution in [0.2, 0.25) is 0 Å².